The molecule has 37 heavy (non-hydrogen) atoms. The Morgan fingerprint density at radius 1 is 0.784 bits per heavy atom. The van der Waals surface area contributed by atoms with Gasteiger partial charge in [-0.05, 0) is 118 Å². The number of aliphatic hydroxyl groups is 1. The molecule has 0 aromatic carbocycles. The number of esters is 1. The van der Waals surface area contributed by atoms with Crippen molar-refractivity contribution < 1.29 is 14.6 Å². The van der Waals surface area contributed by atoms with Gasteiger partial charge in [-0.2, -0.15) is 0 Å². The zero-order valence-corrected chi connectivity index (χ0v) is 24.1. The van der Waals surface area contributed by atoms with E-state index in [1.807, 2.05) is 0 Å². The molecular weight excluding hydrogens is 460 g/mol. The van der Waals surface area contributed by atoms with Crippen LogP contribution in [0, 0.1) is 34.5 Å². The van der Waals surface area contributed by atoms with Gasteiger partial charge in [-0.25, -0.2) is 0 Å². The van der Waals surface area contributed by atoms with E-state index < -0.39 is 5.72 Å². The first-order chi connectivity index (χ1) is 17.8. The van der Waals surface area contributed by atoms with E-state index in [0.717, 1.165) is 50.9 Å². The van der Waals surface area contributed by atoms with Crippen LogP contribution in [0.3, 0.4) is 0 Å². The lowest BCUT2D eigenvalue weighted by Gasteiger charge is -2.66. The van der Waals surface area contributed by atoms with E-state index in [9.17, 15) is 9.90 Å². The van der Waals surface area contributed by atoms with Gasteiger partial charge in [0.2, 0.25) is 0 Å². The molecule has 0 aromatic rings. The fourth-order valence-electron chi connectivity index (χ4n) is 11.1. The molecule has 6 rings (SSSR count). The molecule has 5 heteroatoms. The third kappa shape index (κ3) is 4.32. The highest BCUT2D eigenvalue weighted by molar-refractivity contribution is 5.66. The molecule has 9 atom stereocenters. The third-order valence-corrected chi connectivity index (χ3v) is 13.0. The standard InChI is InChI=1S/C32H54N2O3/c1-23(35)37-32(34-19-9-4-5-10-20-34)21-24-11-12-25-26-13-14-29(36)30(26,2)16-15-27(25)31(24,3)22-28(32)33-17-7-6-8-18-33/h24-29,36H,4-22H2,1-3H3/t24?,25-,26-,27-,28?,29?,30-,31-,32?/m0/s1. The minimum Gasteiger partial charge on any atom is -0.442 e. The second-order valence-corrected chi connectivity index (χ2v) is 14.7. The van der Waals surface area contributed by atoms with Gasteiger partial charge in [0, 0.05) is 26.4 Å². The Balaban J connectivity index is 1.37. The van der Waals surface area contributed by atoms with Crippen molar-refractivity contribution in [3.8, 4) is 0 Å². The van der Waals surface area contributed by atoms with Crippen LogP contribution in [0.5, 0.6) is 0 Å². The SMILES string of the molecule is CC(=O)OC1(N2CCCCCC2)CC2CC[C@@H]3[C@H](CC[C@]4(C)C(O)CC[C@@H]34)[C@@]2(C)CC1N1CCCCC1. The number of rotatable bonds is 3. The predicted octanol–water partition coefficient (Wildman–Crippen LogP) is 5.99. The van der Waals surface area contributed by atoms with Crippen molar-refractivity contribution in [3.05, 3.63) is 0 Å². The molecule has 4 aliphatic carbocycles. The van der Waals surface area contributed by atoms with E-state index in [4.69, 9.17) is 4.74 Å². The molecule has 2 aliphatic heterocycles. The minimum absolute atomic E-state index is 0.0862. The number of aliphatic hydroxyl groups excluding tert-OH is 1. The summed E-state index contributed by atoms with van der Waals surface area (Å²) in [5.41, 5.74) is -0.0223. The maximum atomic E-state index is 12.8. The van der Waals surface area contributed by atoms with Crippen LogP contribution < -0.4 is 0 Å². The summed E-state index contributed by atoms with van der Waals surface area (Å²) in [6, 6.07) is 0.303. The van der Waals surface area contributed by atoms with Crippen molar-refractivity contribution in [2.24, 2.45) is 34.5 Å². The van der Waals surface area contributed by atoms with E-state index in [1.165, 1.54) is 83.5 Å². The van der Waals surface area contributed by atoms with Gasteiger partial charge >= 0.3 is 5.97 Å². The van der Waals surface area contributed by atoms with Gasteiger partial charge in [-0.3, -0.25) is 14.6 Å². The number of hydrogen-bond acceptors (Lipinski definition) is 5. The lowest BCUT2D eigenvalue weighted by atomic mass is 9.44. The maximum Gasteiger partial charge on any atom is 0.304 e. The smallest absolute Gasteiger partial charge is 0.304 e. The van der Waals surface area contributed by atoms with E-state index in [2.05, 4.69) is 23.6 Å². The third-order valence-electron chi connectivity index (χ3n) is 13.0. The molecule has 2 saturated heterocycles. The molecule has 0 aromatic heterocycles. The van der Waals surface area contributed by atoms with Crippen molar-refractivity contribution in [1.29, 1.82) is 0 Å². The van der Waals surface area contributed by atoms with Crippen LogP contribution in [0.1, 0.15) is 117 Å². The van der Waals surface area contributed by atoms with E-state index >= 15 is 0 Å². The molecule has 1 N–H and O–H groups in total. The molecular formula is C32H54N2O3. The van der Waals surface area contributed by atoms with Crippen LogP contribution in [-0.2, 0) is 9.53 Å². The molecule has 5 nitrogen and oxygen atoms in total. The average molecular weight is 515 g/mol. The molecule has 4 saturated carbocycles. The van der Waals surface area contributed by atoms with Gasteiger partial charge in [-0.15, -0.1) is 0 Å². The topological polar surface area (TPSA) is 53.0 Å². The Labute approximate surface area is 226 Å². The Hall–Kier alpha value is -0.650. The monoisotopic (exact) mass is 514 g/mol. The highest BCUT2D eigenvalue weighted by atomic mass is 16.6. The first-order valence-electron chi connectivity index (χ1n) is 16.1. The lowest BCUT2D eigenvalue weighted by molar-refractivity contribution is -0.251. The molecule has 0 bridgehead atoms. The van der Waals surface area contributed by atoms with Crippen LogP contribution in [0.4, 0.5) is 0 Å². The largest absolute Gasteiger partial charge is 0.442 e. The number of ether oxygens (including phenoxy) is 1. The fraction of sp³-hybridized carbons (Fsp3) is 0.969. The van der Waals surface area contributed by atoms with Crippen molar-refractivity contribution in [2.75, 3.05) is 26.2 Å². The molecule has 4 unspecified atom stereocenters. The number of nitrogens with zero attached hydrogens (tertiary/aromatic N) is 2. The fourth-order valence-corrected chi connectivity index (χ4v) is 11.1. The molecule has 2 heterocycles. The zero-order chi connectivity index (χ0) is 25.8. The van der Waals surface area contributed by atoms with Crippen LogP contribution >= 0.6 is 0 Å². The summed E-state index contributed by atoms with van der Waals surface area (Å²) in [4.78, 5) is 18.3. The van der Waals surface area contributed by atoms with Gasteiger partial charge in [-0.1, -0.05) is 33.1 Å². The van der Waals surface area contributed by atoms with Gasteiger partial charge in [0.25, 0.3) is 0 Å². The Morgan fingerprint density at radius 2 is 1.43 bits per heavy atom. The quantitative estimate of drug-likeness (QED) is 0.469. The summed E-state index contributed by atoms with van der Waals surface area (Å²) in [5, 5.41) is 10.9. The number of fused-ring (bicyclic) bond motifs is 5. The summed E-state index contributed by atoms with van der Waals surface area (Å²) in [7, 11) is 0. The van der Waals surface area contributed by atoms with Gasteiger partial charge in [0.05, 0.1) is 12.1 Å². The van der Waals surface area contributed by atoms with Crippen molar-refractivity contribution in [1.82, 2.24) is 9.80 Å². The van der Waals surface area contributed by atoms with E-state index in [-0.39, 0.29) is 17.5 Å². The Bertz CT molecular complexity index is 836. The molecule has 0 spiro atoms. The van der Waals surface area contributed by atoms with Gasteiger partial charge in [0.15, 0.2) is 5.72 Å². The van der Waals surface area contributed by atoms with E-state index in [1.54, 1.807) is 6.92 Å². The number of likely N-dealkylation sites (tertiary alicyclic amines) is 2. The highest BCUT2D eigenvalue weighted by Gasteiger charge is 2.65. The van der Waals surface area contributed by atoms with Gasteiger partial charge < -0.3 is 9.84 Å². The van der Waals surface area contributed by atoms with Crippen LogP contribution in [0.25, 0.3) is 0 Å². The number of carbonyl (C=O) groups excluding carboxylic acids is 1. The number of carbonyl (C=O) groups is 1. The summed E-state index contributed by atoms with van der Waals surface area (Å²) in [5.74, 6) is 2.74. The maximum absolute atomic E-state index is 12.8. The van der Waals surface area contributed by atoms with Crippen molar-refractivity contribution in [3.63, 3.8) is 0 Å². The Morgan fingerprint density at radius 3 is 2.14 bits per heavy atom. The van der Waals surface area contributed by atoms with E-state index in [0.29, 0.717) is 23.3 Å². The summed E-state index contributed by atoms with van der Waals surface area (Å²) in [6.07, 6.45) is 18.3. The van der Waals surface area contributed by atoms with Crippen LogP contribution in [-0.4, -0.2) is 64.9 Å². The Kier molecular flexibility index (Phi) is 7.23. The second kappa shape index (κ2) is 10.1. The molecule has 6 aliphatic rings. The number of hydrogen-bond donors (Lipinski definition) is 1. The number of piperidine rings is 1. The molecule has 0 amide bonds. The molecule has 6 fully saturated rings. The van der Waals surface area contributed by atoms with Crippen LogP contribution in [0.15, 0.2) is 0 Å². The van der Waals surface area contributed by atoms with Crippen molar-refractivity contribution >= 4 is 5.97 Å². The lowest BCUT2D eigenvalue weighted by Crippen LogP contribution is -2.71. The zero-order valence-electron chi connectivity index (χ0n) is 24.1. The molecule has 210 valence electrons. The minimum atomic E-state index is -0.461. The summed E-state index contributed by atoms with van der Waals surface area (Å²) in [6.45, 7) is 11.2. The normalized spacial score (nSPS) is 49.4. The summed E-state index contributed by atoms with van der Waals surface area (Å²) < 4.78 is 6.68. The van der Waals surface area contributed by atoms with Crippen molar-refractivity contribution in [2.45, 2.75) is 135 Å². The van der Waals surface area contributed by atoms with Crippen LogP contribution in [0.2, 0.25) is 0 Å². The second-order valence-electron chi connectivity index (χ2n) is 14.7. The molecule has 0 radical (unpaired) electrons. The first-order valence-corrected chi connectivity index (χ1v) is 16.1. The first kappa shape index (κ1) is 26.6. The van der Waals surface area contributed by atoms with Gasteiger partial charge in [0.1, 0.15) is 0 Å². The highest BCUT2D eigenvalue weighted by Crippen LogP contribution is 2.67. The summed E-state index contributed by atoms with van der Waals surface area (Å²) >= 11 is 0. The predicted molar refractivity (Wildman–Crippen MR) is 147 cm³/mol. The average Bonchev–Trinajstić information content (AvgIpc) is 3.04.